The van der Waals surface area contributed by atoms with Gasteiger partial charge in [-0.05, 0) is 17.9 Å². The maximum absolute atomic E-state index is 12.0. The van der Waals surface area contributed by atoms with Gasteiger partial charge in [-0.1, -0.05) is 13.0 Å². The second-order valence-corrected chi connectivity index (χ2v) is 6.00. The van der Waals surface area contributed by atoms with Gasteiger partial charge in [0.1, 0.15) is 10.7 Å². The largest absolute Gasteiger partial charge is 0.481 e. The van der Waals surface area contributed by atoms with Gasteiger partial charge in [-0.25, -0.2) is 4.98 Å². The summed E-state index contributed by atoms with van der Waals surface area (Å²) in [5.41, 5.74) is 0.335. The van der Waals surface area contributed by atoms with E-state index in [4.69, 9.17) is 5.11 Å². The molecule has 1 atom stereocenters. The van der Waals surface area contributed by atoms with E-state index in [1.807, 2.05) is 24.4 Å². The van der Waals surface area contributed by atoms with Crippen molar-refractivity contribution in [3.63, 3.8) is 0 Å². The summed E-state index contributed by atoms with van der Waals surface area (Å²) in [6.45, 7) is 1.84. The first-order valence-corrected chi connectivity index (χ1v) is 7.88. The van der Waals surface area contributed by atoms with Crippen LogP contribution in [0.5, 0.6) is 0 Å². The highest BCUT2D eigenvalue weighted by Gasteiger charge is 2.17. The van der Waals surface area contributed by atoms with Crippen LogP contribution in [0.25, 0.3) is 9.88 Å². The van der Waals surface area contributed by atoms with E-state index in [0.29, 0.717) is 12.1 Å². The monoisotopic (exact) mass is 310 g/mol. The fraction of sp³-hybridized carbons (Fsp3) is 0.308. The van der Waals surface area contributed by atoms with E-state index in [1.54, 1.807) is 16.7 Å². The standard InChI is InChI=1S/C13H14N2O3S2/c1-2-8(6-11(16)17)14-12(18)9-7-20-13(15-9)10-4-3-5-19-10/h3-5,7-8H,2,6H2,1H3,(H,14,18)(H,16,17). The van der Waals surface area contributed by atoms with E-state index in [-0.39, 0.29) is 18.4 Å². The lowest BCUT2D eigenvalue weighted by Crippen LogP contribution is -2.36. The van der Waals surface area contributed by atoms with Crippen molar-refractivity contribution in [2.75, 3.05) is 0 Å². The molecule has 0 radical (unpaired) electrons. The van der Waals surface area contributed by atoms with Crippen LogP contribution < -0.4 is 5.32 Å². The highest BCUT2D eigenvalue weighted by Crippen LogP contribution is 2.27. The fourth-order valence-corrected chi connectivity index (χ4v) is 3.27. The zero-order valence-electron chi connectivity index (χ0n) is 10.8. The van der Waals surface area contributed by atoms with Crippen LogP contribution in [0.4, 0.5) is 0 Å². The number of rotatable bonds is 6. The van der Waals surface area contributed by atoms with Gasteiger partial charge in [-0.2, -0.15) is 0 Å². The van der Waals surface area contributed by atoms with Gasteiger partial charge in [-0.15, -0.1) is 22.7 Å². The highest BCUT2D eigenvalue weighted by atomic mass is 32.1. The molecule has 2 heterocycles. The number of aromatic nitrogens is 1. The van der Waals surface area contributed by atoms with Crippen molar-refractivity contribution in [1.29, 1.82) is 0 Å². The van der Waals surface area contributed by atoms with Crippen molar-refractivity contribution >= 4 is 34.6 Å². The number of hydrogen-bond donors (Lipinski definition) is 2. The zero-order chi connectivity index (χ0) is 14.5. The van der Waals surface area contributed by atoms with E-state index in [0.717, 1.165) is 9.88 Å². The molecule has 106 valence electrons. The predicted molar refractivity (Wildman–Crippen MR) is 79.2 cm³/mol. The summed E-state index contributed by atoms with van der Waals surface area (Å²) in [5, 5.41) is 15.9. The lowest BCUT2D eigenvalue weighted by atomic mass is 10.1. The number of carbonyl (C=O) groups is 2. The second-order valence-electron chi connectivity index (χ2n) is 4.19. The molecular weight excluding hydrogens is 296 g/mol. The number of amides is 1. The van der Waals surface area contributed by atoms with Crippen LogP contribution in [-0.2, 0) is 4.79 Å². The molecule has 5 nitrogen and oxygen atoms in total. The van der Waals surface area contributed by atoms with E-state index in [9.17, 15) is 9.59 Å². The summed E-state index contributed by atoms with van der Waals surface area (Å²) < 4.78 is 0. The third-order valence-corrected chi connectivity index (χ3v) is 4.60. The topological polar surface area (TPSA) is 79.3 Å². The van der Waals surface area contributed by atoms with E-state index < -0.39 is 5.97 Å². The summed E-state index contributed by atoms with van der Waals surface area (Å²) in [5.74, 6) is -1.24. The summed E-state index contributed by atoms with van der Waals surface area (Å²) >= 11 is 2.97. The lowest BCUT2D eigenvalue weighted by molar-refractivity contribution is -0.137. The first-order chi connectivity index (χ1) is 9.60. The van der Waals surface area contributed by atoms with Crippen molar-refractivity contribution < 1.29 is 14.7 Å². The Bertz CT molecular complexity index is 593. The molecule has 0 bridgehead atoms. The van der Waals surface area contributed by atoms with Crippen LogP contribution in [0, 0.1) is 0 Å². The minimum atomic E-state index is -0.922. The zero-order valence-corrected chi connectivity index (χ0v) is 12.5. The van der Waals surface area contributed by atoms with Crippen molar-refractivity contribution in [3.05, 3.63) is 28.6 Å². The van der Waals surface area contributed by atoms with Crippen LogP contribution in [0.1, 0.15) is 30.3 Å². The maximum atomic E-state index is 12.0. The minimum absolute atomic E-state index is 0.0792. The van der Waals surface area contributed by atoms with Crippen LogP contribution >= 0.6 is 22.7 Å². The number of nitrogens with one attached hydrogen (secondary N) is 1. The molecule has 0 fully saturated rings. The Balaban J connectivity index is 2.04. The van der Waals surface area contributed by atoms with Crippen molar-refractivity contribution in [2.24, 2.45) is 0 Å². The molecule has 0 aliphatic rings. The van der Waals surface area contributed by atoms with E-state index >= 15 is 0 Å². The third-order valence-electron chi connectivity index (χ3n) is 2.72. The number of carbonyl (C=O) groups excluding carboxylic acids is 1. The van der Waals surface area contributed by atoms with Crippen molar-refractivity contribution in [3.8, 4) is 9.88 Å². The van der Waals surface area contributed by atoms with Crippen molar-refractivity contribution in [2.45, 2.75) is 25.8 Å². The first-order valence-electron chi connectivity index (χ1n) is 6.12. The van der Waals surface area contributed by atoms with Gasteiger partial charge in [0.05, 0.1) is 11.3 Å². The number of aliphatic carboxylic acids is 1. The number of thiazole rings is 1. The average molecular weight is 310 g/mol. The third kappa shape index (κ3) is 3.64. The molecule has 1 amide bonds. The van der Waals surface area contributed by atoms with Gasteiger partial charge in [0.2, 0.25) is 0 Å². The Kier molecular flexibility index (Phi) is 4.86. The first kappa shape index (κ1) is 14.7. The van der Waals surface area contributed by atoms with Gasteiger partial charge < -0.3 is 10.4 Å². The molecule has 2 rings (SSSR count). The van der Waals surface area contributed by atoms with Crippen LogP contribution in [-0.4, -0.2) is 28.0 Å². The smallest absolute Gasteiger partial charge is 0.305 e. The average Bonchev–Trinajstić information content (AvgIpc) is 3.07. The van der Waals surface area contributed by atoms with Gasteiger partial charge in [0.25, 0.3) is 5.91 Å². The van der Waals surface area contributed by atoms with Gasteiger partial charge in [0, 0.05) is 11.4 Å². The Morgan fingerprint density at radius 3 is 2.85 bits per heavy atom. The molecule has 0 aliphatic heterocycles. The summed E-state index contributed by atoms with van der Waals surface area (Å²) in [7, 11) is 0. The Hall–Kier alpha value is -1.73. The molecule has 0 spiro atoms. The lowest BCUT2D eigenvalue weighted by Gasteiger charge is -2.13. The van der Waals surface area contributed by atoms with E-state index in [1.165, 1.54) is 11.3 Å². The van der Waals surface area contributed by atoms with Gasteiger partial charge in [-0.3, -0.25) is 9.59 Å². The van der Waals surface area contributed by atoms with Crippen molar-refractivity contribution in [1.82, 2.24) is 10.3 Å². The molecule has 2 N–H and O–H groups in total. The van der Waals surface area contributed by atoms with Crippen LogP contribution in [0.2, 0.25) is 0 Å². The molecule has 2 aromatic rings. The number of carboxylic acids is 1. The minimum Gasteiger partial charge on any atom is -0.481 e. The maximum Gasteiger partial charge on any atom is 0.305 e. The summed E-state index contributed by atoms with van der Waals surface area (Å²) in [6, 6.07) is 3.51. The number of nitrogens with zero attached hydrogens (tertiary/aromatic N) is 1. The van der Waals surface area contributed by atoms with E-state index in [2.05, 4.69) is 10.3 Å². The molecule has 0 saturated carbocycles. The van der Waals surface area contributed by atoms with Gasteiger partial charge in [0.15, 0.2) is 0 Å². The molecule has 0 aliphatic carbocycles. The quantitative estimate of drug-likeness (QED) is 0.860. The SMILES string of the molecule is CCC(CC(=O)O)NC(=O)c1csc(-c2cccs2)n1. The van der Waals surface area contributed by atoms with Crippen LogP contribution in [0.15, 0.2) is 22.9 Å². The molecule has 20 heavy (non-hydrogen) atoms. The molecule has 7 heteroatoms. The molecule has 0 aromatic carbocycles. The molecule has 1 unspecified atom stereocenters. The fourth-order valence-electron chi connectivity index (χ4n) is 1.66. The van der Waals surface area contributed by atoms with Gasteiger partial charge >= 0.3 is 5.97 Å². The normalized spacial score (nSPS) is 12.1. The Morgan fingerprint density at radius 2 is 2.25 bits per heavy atom. The molecule has 0 saturated heterocycles. The number of thiophene rings is 1. The predicted octanol–water partition coefficient (Wildman–Crippen LogP) is 2.85. The number of hydrogen-bond acceptors (Lipinski definition) is 5. The molecular formula is C13H14N2O3S2. The summed E-state index contributed by atoms with van der Waals surface area (Å²) in [6.07, 6.45) is 0.490. The number of carboxylic acid groups (broad SMARTS) is 1. The second kappa shape index (κ2) is 6.62. The highest BCUT2D eigenvalue weighted by molar-refractivity contribution is 7.20. The Labute approximate surface area is 124 Å². The molecule has 2 aromatic heterocycles. The summed E-state index contributed by atoms with van der Waals surface area (Å²) in [4.78, 5) is 28.0. The Morgan fingerprint density at radius 1 is 1.45 bits per heavy atom. The van der Waals surface area contributed by atoms with Crippen LogP contribution in [0.3, 0.4) is 0 Å².